The number of nitroso groups, excluding NO2 is 1. The van der Waals surface area contributed by atoms with E-state index in [0.29, 0.717) is 25.3 Å². The normalized spacial score (nSPS) is 10.4. The van der Waals surface area contributed by atoms with Gasteiger partial charge in [-0.3, -0.25) is 0 Å². The Hall–Kier alpha value is -2.15. The highest BCUT2D eigenvalue weighted by molar-refractivity contribution is 6.34. The zero-order chi connectivity index (χ0) is 14.4. The van der Waals surface area contributed by atoms with Gasteiger partial charge in [0.2, 0.25) is 0 Å². The SMILES string of the molecule is [B]c1nn(CCCO)c(NCc2ccccc2)c1N=O. The summed E-state index contributed by atoms with van der Waals surface area (Å²) in [7, 11) is 5.67. The van der Waals surface area contributed by atoms with E-state index in [4.69, 9.17) is 13.0 Å². The Labute approximate surface area is 118 Å². The van der Waals surface area contributed by atoms with Crippen molar-refractivity contribution in [1.82, 2.24) is 9.78 Å². The van der Waals surface area contributed by atoms with Gasteiger partial charge in [0.15, 0.2) is 11.5 Å². The molecule has 1 aromatic carbocycles. The Morgan fingerprint density at radius 3 is 2.75 bits per heavy atom. The van der Waals surface area contributed by atoms with Gasteiger partial charge in [-0.15, -0.1) is 4.91 Å². The van der Waals surface area contributed by atoms with Gasteiger partial charge in [-0.25, -0.2) is 4.68 Å². The molecule has 7 heteroatoms. The lowest BCUT2D eigenvalue weighted by molar-refractivity contribution is 0.277. The van der Waals surface area contributed by atoms with Crippen LogP contribution in [0.15, 0.2) is 35.5 Å². The number of benzene rings is 1. The highest BCUT2D eigenvalue weighted by Gasteiger charge is 2.15. The molecule has 0 atom stereocenters. The van der Waals surface area contributed by atoms with Crippen molar-refractivity contribution in [1.29, 1.82) is 0 Å². The summed E-state index contributed by atoms with van der Waals surface area (Å²) in [5.41, 5.74) is 1.27. The quantitative estimate of drug-likeness (QED) is 0.582. The van der Waals surface area contributed by atoms with Crippen LogP contribution in [-0.2, 0) is 13.1 Å². The molecule has 2 radical (unpaired) electrons. The number of nitrogens with one attached hydrogen (secondary N) is 1. The molecular weight excluding hydrogens is 255 g/mol. The number of hydrogen-bond acceptors (Lipinski definition) is 5. The zero-order valence-electron chi connectivity index (χ0n) is 11.0. The summed E-state index contributed by atoms with van der Waals surface area (Å²) < 4.78 is 1.56. The van der Waals surface area contributed by atoms with Crippen LogP contribution in [0.1, 0.15) is 12.0 Å². The molecule has 1 aromatic heterocycles. The van der Waals surface area contributed by atoms with Crippen LogP contribution in [0, 0.1) is 4.91 Å². The van der Waals surface area contributed by atoms with Crippen molar-refractivity contribution >= 4 is 24.9 Å². The maximum Gasteiger partial charge on any atom is 0.162 e. The number of aliphatic hydroxyl groups is 1. The predicted molar refractivity (Wildman–Crippen MR) is 78.5 cm³/mol. The first kappa shape index (κ1) is 14.3. The maximum atomic E-state index is 10.9. The van der Waals surface area contributed by atoms with Crippen molar-refractivity contribution in [2.24, 2.45) is 5.18 Å². The summed E-state index contributed by atoms with van der Waals surface area (Å²) in [4.78, 5) is 10.9. The fraction of sp³-hybridized carbons (Fsp3) is 0.308. The Morgan fingerprint density at radius 2 is 2.10 bits per heavy atom. The molecule has 0 spiro atoms. The molecular formula is C13H15BN4O2. The molecule has 6 nitrogen and oxygen atoms in total. The summed E-state index contributed by atoms with van der Waals surface area (Å²) in [5, 5.41) is 19.0. The lowest BCUT2D eigenvalue weighted by Gasteiger charge is -2.09. The summed E-state index contributed by atoms with van der Waals surface area (Å²) >= 11 is 0. The molecule has 0 saturated heterocycles. The fourth-order valence-corrected chi connectivity index (χ4v) is 1.90. The van der Waals surface area contributed by atoms with Crippen molar-refractivity contribution < 1.29 is 5.11 Å². The van der Waals surface area contributed by atoms with Gasteiger partial charge in [-0.2, -0.15) is 5.10 Å². The van der Waals surface area contributed by atoms with E-state index < -0.39 is 0 Å². The smallest absolute Gasteiger partial charge is 0.162 e. The Kier molecular flexibility index (Phi) is 4.89. The van der Waals surface area contributed by atoms with E-state index in [1.165, 1.54) is 0 Å². The standard InChI is InChI=1S/C13H15BN4O2/c14-12-11(17-20)13(18(16-12)7-4-8-19)15-9-10-5-2-1-3-6-10/h1-3,5-6,15,19H,4,7-9H2. The molecule has 2 N–H and O–H groups in total. The second-order valence-corrected chi connectivity index (χ2v) is 4.31. The molecule has 102 valence electrons. The van der Waals surface area contributed by atoms with E-state index >= 15 is 0 Å². The van der Waals surface area contributed by atoms with Gasteiger partial charge < -0.3 is 10.4 Å². The number of aryl methyl sites for hydroxylation is 1. The van der Waals surface area contributed by atoms with Gasteiger partial charge in [0, 0.05) is 25.3 Å². The molecule has 0 aliphatic heterocycles. The summed E-state index contributed by atoms with van der Waals surface area (Å²) in [6, 6.07) is 9.75. The van der Waals surface area contributed by atoms with Crippen LogP contribution in [0.25, 0.3) is 0 Å². The third kappa shape index (κ3) is 3.24. The summed E-state index contributed by atoms with van der Waals surface area (Å²) in [6.07, 6.45) is 0.527. The van der Waals surface area contributed by atoms with Crippen LogP contribution >= 0.6 is 0 Å². The molecule has 2 aromatic rings. The third-order valence-corrected chi connectivity index (χ3v) is 2.88. The first-order valence-electron chi connectivity index (χ1n) is 6.34. The van der Waals surface area contributed by atoms with Crippen molar-refractivity contribution in [3.8, 4) is 0 Å². The Balaban J connectivity index is 2.17. The average Bonchev–Trinajstić information content (AvgIpc) is 2.79. The minimum absolute atomic E-state index is 0.0434. The second-order valence-electron chi connectivity index (χ2n) is 4.31. The Bertz CT molecular complexity index is 571. The summed E-state index contributed by atoms with van der Waals surface area (Å²) in [6.45, 7) is 1.04. The lowest BCUT2D eigenvalue weighted by atomic mass is 10.0. The van der Waals surface area contributed by atoms with Crippen LogP contribution in [0.2, 0.25) is 0 Å². The lowest BCUT2D eigenvalue weighted by Crippen LogP contribution is -2.11. The van der Waals surface area contributed by atoms with Crippen molar-refractivity contribution in [2.45, 2.75) is 19.5 Å². The van der Waals surface area contributed by atoms with Crippen LogP contribution in [0.4, 0.5) is 11.5 Å². The number of hydrogen-bond donors (Lipinski definition) is 2. The molecule has 0 bridgehead atoms. The number of rotatable bonds is 7. The van der Waals surface area contributed by atoms with E-state index in [-0.39, 0.29) is 17.9 Å². The molecule has 0 aliphatic rings. The number of nitrogens with zero attached hydrogens (tertiary/aromatic N) is 3. The van der Waals surface area contributed by atoms with Gasteiger partial charge in [0.25, 0.3) is 0 Å². The molecule has 20 heavy (non-hydrogen) atoms. The van der Waals surface area contributed by atoms with Crippen molar-refractivity contribution in [3.05, 3.63) is 40.8 Å². The van der Waals surface area contributed by atoms with Crippen molar-refractivity contribution in [2.75, 3.05) is 11.9 Å². The highest BCUT2D eigenvalue weighted by atomic mass is 16.3. The monoisotopic (exact) mass is 270 g/mol. The summed E-state index contributed by atoms with van der Waals surface area (Å²) in [5.74, 6) is 0.481. The van der Waals surface area contributed by atoms with E-state index in [9.17, 15) is 4.91 Å². The number of aliphatic hydroxyl groups excluding tert-OH is 1. The maximum absolute atomic E-state index is 10.9. The molecule has 0 aliphatic carbocycles. The first-order valence-corrected chi connectivity index (χ1v) is 6.34. The van der Waals surface area contributed by atoms with Crippen LogP contribution in [0.3, 0.4) is 0 Å². The molecule has 1 heterocycles. The van der Waals surface area contributed by atoms with Crippen molar-refractivity contribution in [3.63, 3.8) is 0 Å². The topological polar surface area (TPSA) is 79.5 Å². The molecule has 0 amide bonds. The van der Waals surface area contributed by atoms with Gasteiger partial charge in [-0.05, 0) is 17.2 Å². The molecule has 0 unspecified atom stereocenters. The minimum Gasteiger partial charge on any atom is -0.396 e. The van der Waals surface area contributed by atoms with Gasteiger partial charge in [-0.1, -0.05) is 30.3 Å². The van der Waals surface area contributed by atoms with E-state index in [1.807, 2.05) is 30.3 Å². The second kappa shape index (κ2) is 6.86. The molecule has 2 rings (SSSR count). The molecule has 0 saturated carbocycles. The average molecular weight is 270 g/mol. The van der Waals surface area contributed by atoms with Gasteiger partial charge in [0.05, 0.1) is 0 Å². The van der Waals surface area contributed by atoms with E-state index in [1.54, 1.807) is 4.68 Å². The zero-order valence-corrected chi connectivity index (χ0v) is 11.0. The fourth-order valence-electron chi connectivity index (χ4n) is 1.90. The number of anilines is 1. The predicted octanol–water partition coefficient (Wildman–Crippen LogP) is 1.07. The van der Waals surface area contributed by atoms with Gasteiger partial charge >= 0.3 is 0 Å². The van der Waals surface area contributed by atoms with Crippen LogP contribution in [0.5, 0.6) is 0 Å². The third-order valence-electron chi connectivity index (χ3n) is 2.88. The minimum atomic E-state index is 0.0434. The Morgan fingerprint density at radius 1 is 1.35 bits per heavy atom. The van der Waals surface area contributed by atoms with Crippen LogP contribution < -0.4 is 10.9 Å². The number of aromatic nitrogens is 2. The van der Waals surface area contributed by atoms with Crippen LogP contribution in [-0.4, -0.2) is 29.3 Å². The molecule has 0 fully saturated rings. The van der Waals surface area contributed by atoms with Gasteiger partial charge in [0.1, 0.15) is 7.85 Å². The van der Waals surface area contributed by atoms with E-state index in [0.717, 1.165) is 5.56 Å². The highest BCUT2D eigenvalue weighted by Crippen LogP contribution is 2.22. The first-order chi connectivity index (χ1) is 9.76. The largest absolute Gasteiger partial charge is 0.396 e. The van der Waals surface area contributed by atoms with E-state index in [2.05, 4.69) is 15.6 Å².